The molecule has 13 heteroatoms. The van der Waals surface area contributed by atoms with E-state index in [2.05, 4.69) is 25.6 Å². The molecule has 5 heterocycles. The summed E-state index contributed by atoms with van der Waals surface area (Å²) in [5, 5.41) is 6.47. The second kappa shape index (κ2) is 12.0. The Balaban J connectivity index is 1.04. The monoisotopic (exact) mass is 639 g/mol. The van der Waals surface area contributed by atoms with Crippen molar-refractivity contribution in [2.75, 3.05) is 13.1 Å². The van der Waals surface area contributed by atoms with Gasteiger partial charge < -0.3 is 29.8 Å². The molecule has 0 spiro atoms. The molecule has 46 heavy (non-hydrogen) atoms. The van der Waals surface area contributed by atoms with Crippen LogP contribution in [0.3, 0.4) is 0 Å². The molecule has 7 rings (SSSR count). The van der Waals surface area contributed by atoms with E-state index in [0.717, 1.165) is 26.4 Å². The Hall–Kier alpha value is -5.17. The first-order chi connectivity index (χ1) is 22.2. The van der Waals surface area contributed by atoms with E-state index >= 15 is 4.39 Å². The number of hydrogen-bond donors (Lipinski definition) is 3. The number of aromatic nitrogens is 4. The van der Waals surface area contributed by atoms with E-state index in [9.17, 15) is 14.4 Å². The first-order valence-corrected chi connectivity index (χ1v) is 15.6. The van der Waals surface area contributed by atoms with Crippen molar-refractivity contribution in [1.29, 1.82) is 0 Å². The fraction of sp³-hybridized carbons (Fsp3) is 0.242. The zero-order chi connectivity index (χ0) is 31.8. The largest absolute Gasteiger partial charge is 0.455 e. The van der Waals surface area contributed by atoms with Crippen LogP contribution in [0.4, 0.5) is 4.39 Å². The summed E-state index contributed by atoms with van der Waals surface area (Å²) in [4.78, 5) is 54.7. The Kier molecular flexibility index (Phi) is 7.69. The Labute approximate surface area is 267 Å². The van der Waals surface area contributed by atoms with Gasteiger partial charge in [0.25, 0.3) is 5.91 Å². The maximum atomic E-state index is 16.3. The van der Waals surface area contributed by atoms with Crippen LogP contribution in [0.15, 0.2) is 95.5 Å². The number of aromatic amines is 1. The molecule has 0 radical (unpaired) electrons. The molecule has 3 atom stereocenters. The third kappa shape index (κ3) is 5.93. The smallest absolute Gasteiger partial charge is 0.251 e. The molecule has 11 nitrogen and oxygen atoms in total. The number of imidazole rings is 1. The fourth-order valence-corrected chi connectivity index (χ4v) is 6.83. The van der Waals surface area contributed by atoms with Gasteiger partial charge in [-0.15, -0.1) is 0 Å². The van der Waals surface area contributed by atoms with Gasteiger partial charge in [-0.1, -0.05) is 23.9 Å². The Morgan fingerprint density at radius 2 is 1.96 bits per heavy atom. The minimum Gasteiger partial charge on any atom is -0.455 e. The van der Waals surface area contributed by atoms with E-state index in [1.54, 1.807) is 59.3 Å². The van der Waals surface area contributed by atoms with E-state index in [1.807, 2.05) is 43.3 Å². The van der Waals surface area contributed by atoms with Crippen LogP contribution in [0.1, 0.15) is 35.4 Å². The molecule has 5 aromatic rings. The molecule has 3 aromatic heterocycles. The highest BCUT2D eigenvalue weighted by Crippen LogP contribution is 2.47. The van der Waals surface area contributed by atoms with Crippen molar-refractivity contribution in [2.45, 2.75) is 47.4 Å². The van der Waals surface area contributed by atoms with Crippen LogP contribution in [0.25, 0.3) is 10.9 Å². The molecule has 234 valence electrons. The van der Waals surface area contributed by atoms with Gasteiger partial charge in [-0.3, -0.25) is 19.4 Å². The highest BCUT2D eigenvalue weighted by Gasteiger charge is 2.49. The molecule has 1 fully saturated rings. The average Bonchev–Trinajstić information content (AvgIpc) is 3.81. The van der Waals surface area contributed by atoms with Crippen molar-refractivity contribution in [3.05, 3.63) is 97.0 Å². The molecule has 2 aromatic carbocycles. The number of alkyl halides is 1. The summed E-state index contributed by atoms with van der Waals surface area (Å²) in [6.07, 6.45) is 7.85. The number of halogens is 1. The zero-order valence-corrected chi connectivity index (χ0v) is 25.6. The van der Waals surface area contributed by atoms with Crippen LogP contribution < -0.4 is 15.4 Å². The van der Waals surface area contributed by atoms with E-state index in [-0.39, 0.29) is 19.5 Å². The Morgan fingerprint density at radius 3 is 2.78 bits per heavy atom. The highest BCUT2D eigenvalue weighted by molar-refractivity contribution is 7.99. The number of ether oxygens (including phenoxy) is 1. The highest BCUT2D eigenvalue weighted by atomic mass is 32.2. The van der Waals surface area contributed by atoms with E-state index in [1.165, 1.54) is 11.2 Å². The van der Waals surface area contributed by atoms with Gasteiger partial charge in [0.2, 0.25) is 11.8 Å². The predicted octanol–water partition coefficient (Wildman–Crippen LogP) is 4.63. The lowest BCUT2D eigenvalue weighted by molar-refractivity contribution is -0.138. The Bertz CT molecular complexity index is 1910. The number of amides is 3. The first kappa shape index (κ1) is 29.5. The lowest BCUT2D eigenvalue weighted by Crippen LogP contribution is -2.49. The molecule has 3 N–H and O–H groups in total. The number of fused-ring (bicyclic) bond motifs is 3. The lowest BCUT2D eigenvalue weighted by atomic mass is 10.0. The lowest BCUT2D eigenvalue weighted by Gasteiger charge is -2.25. The van der Waals surface area contributed by atoms with Gasteiger partial charge >= 0.3 is 0 Å². The molecular formula is C33H30FN7O4S. The van der Waals surface area contributed by atoms with Crippen molar-refractivity contribution < 1.29 is 23.5 Å². The molecule has 0 unspecified atom stereocenters. The molecule has 0 saturated carbocycles. The SMILES string of the molecule is C[C@@H](NC(=O)[C@@H]1C[C@](F)(Cn2ccnc2)CN1C(=O)CNC(=O)c1ccc2c(c1)Oc1ccccc1S2)c1cc2cnccc2[nH]1. The summed E-state index contributed by atoms with van der Waals surface area (Å²) in [6.45, 7) is 1.01. The molecule has 2 aliphatic rings. The van der Waals surface area contributed by atoms with Gasteiger partial charge in [0.15, 0.2) is 0 Å². The van der Waals surface area contributed by atoms with E-state index in [4.69, 9.17) is 4.74 Å². The predicted molar refractivity (Wildman–Crippen MR) is 168 cm³/mol. The van der Waals surface area contributed by atoms with Crippen molar-refractivity contribution in [1.82, 2.24) is 35.1 Å². The second-order valence-electron chi connectivity index (χ2n) is 11.5. The Morgan fingerprint density at radius 1 is 1.11 bits per heavy atom. The number of nitrogens with one attached hydrogen (secondary N) is 3. The van der Waals surface area contributed by atoms with Gasteiger partial charge in [-0.2, -0.15) is 0 Å². The number of likely N-dealkylation sites (tertiary alicyclic amines) is 1. The third-order valence-electron chi connectivity index (χ3n) is 8.20. The molecule has 1 saturated heterocycles. The fourth-order valence-electron chi connectivity index (χ4n) is 5.90. The van der Waals surface area contributed by atoms with Crippen molar-refractivity contribution in [3.8, 4) is 11.5 Å². The standard InChI is InChI=1S/C33H30FN7O4S/c1-20(24-12-22-15-35-9-8-23(22)39-24)38-32(44)25-14-33(34,17-40-11-10-36-19-40)18-41(25)30(42)16-37-31(43)21-6-7-29-27(13-21)45-26-4-2-3-5-28(26)46-29/h2-13,15,19-20,25,39H,14,16-18H2,1H3,(H,37,43)(H,38,44)/t20-,25+,33+/m1/s1. The van der Waals surface area contributed by atoms with Crippen molar-refractivity contribution in [2.24, 2.45) is 0 Å². The maximum absolute atomic E-state index is 16.3. The van der Waals surface area contributed by atoms with Crippen molar-refractivity contribution in [3.63, 3.8) is 0 Å². The number of carbonyl (C=O) groups is 3. The van der Waals surface area contributed by atoms with Gasteiger partial charge in [0, 0.05) is 53.4 Å². The number of pyridine rings is 1. The normalized spacial score (nSPS) is 19.2. The summed E-state index contributed by atoms with van der Waals surface area (Å²) < 4.78 is 23.9. The van der Waals surface area contributed by atoms with E-state index in [0.29, 0.717) is 17.1 Å². The minimum atomic E-state index is -1.89. The molecule has 0 bridgehead atoms. The van der Waals surface area contributed by atoms with Crippen molar-refractivity contribution >= 4 is 40.4 Å². The molecule has 0 aliphatic carbocycles. The summed E-state index contributed by atoms with van der Waals surface area (Å²) in [5.41, 5.74) is 0.0453. The summed E-state index contributed by atoms with van der Waals surface area (Å²) >= 11 is 1.54. The van der Waals surface area contributed by atoms with Gasteiger partial charge in [-0.25, -0.2) is 9.37 Å². The van der Waals surface area contributed by atoms with Gasteiger partial charge in [-0.05, 0) is 49.4 Å². The van der Waals surface area contributed by atoms with Crippen LogP contribution in [-0.2, 0) is 16.1 Å². The topological polar surface area (TPSA) is 134 Å². The minimum absolute atomic E-state index is 0.0756. The second-order valence-corrected chi connectivity index (χ2v) is 12.6. The molecule has 3 amide bonds. The van der Waals surface area contributed by atoms with E-state index < -0.39 is 42.0 Å². The van der Waals surface area contributed by atoms with Crippen LogP contribution in [0, 0.1) is 0 Å². The van der Waals surface area contributed by atoms with Crippen LogP contribution >= 0.6 is 11.8 Å². The van der Waals surface area contributed by atoms with Gasteiger partial charge in [0.1, 0.15) is 23.2 Å². The number of H-pyrrole nitrogens is 1. The molecule has 2 aliphatic heterocycles. The number of rotatable bonds is 8. The maximum Gasteiger partial charge on any atom is 0.251 e. The van der Waals surface area contributed by atoms with Crippen LogP contribution in [0.2, 0.25) is 0 Å². The number of benzene rings is 2. The first-order valence-electron chi connectivity index (χ1n) is 14.8. The van der Waals surface area contributed by atoms with Crippen LogP contribution in [0.5, 0.6) is 11.5 Å². The summed E-state index contributed by atoms with van der Waals surface area (Å²) in [6, 6.07) is 14.9. The summed E-state index contributed by atoms with van der Waals surface area (Å²) in [5.74, 6) is -0.301. The molecular weight excluding hydrogens is 609 g/mol. The number of hydrogen-bond acceptors (Lipinski definition) is 7. The number of carbonyl (C=O) groups excluding carboxylic acids is 3. The van der Waals surface area contributed by atoms with Gasteiger partial charge in [0.05, 0.1) is 41.8 Å². The average molecular weight is 640 g/mol. The number of para-hydroxylation sites is 1. The van der Waals surface area contributed by atoms with Crippen LogP contribution in [-0.4, -0.2) is 66.9 Å². The number of nitrogens with zero attached hydrogens (tertiary/aromatic N) is 4. The zero-order valence-electron chi connectivity index (χ0n) is 24.8. The third-order valence-corrected chi connectivity index (χ3v) is 9.31. The summed E-state index contributed by atoms with van der Waals surface area (Å²) in [7, 11) is 0. The quantitative estimate of drug-likeness (QED) is 0.221.